The van der Waals surface area contributed by atoms with Crippen molar-refractivity contribution in [1.82, 2.24) is 0 Å². The van der Waals surface area contributed by atoms with Crippen molar-refractivity contribution >= 4 is 21.5 Å². The van der Waals surface area contributed by atoms with E-state index < -0.39 is 0 Å². The second-order valence-electron chi connectivity index (χ2n) is 8.96. The van der Waals surface area contributed by atoms with Gasteiger partial charge in [-0.1, -0.05) is 109 Å². The van der Waals surface area contributed by atoms with Gasteiger partial charge in [0.2, 0.25) is 0 Å². The molecule has 0 saturated heterocycles. The molecule has 0 heterocycles. The normalized spacial score (nSPS) is 10.4. The van der Waals surface area contributed by atoms with Gasteiger partial charge in [0.05, 0.1) is 0 Å². The zero-order chi connectivity index (χ0) is 25.9. The third-order valence-electron chi connectivity index (χ3n) is 6.53. The zero-order valence-electron chi connectivity index (χ0n) is 20.4. The fourth-order valence-electron chi connectivity index (χ4n) is 4.78. The number of benzene rings is 6. The van der Waals surface area contributed by atoms with Crippen LogP contribution in [0.25, 0.3) is 32.7 Å². The van der Waals surface area contributed by atoms with Crippen molar-refractivity contribution in [2.75, 3.05) is 0 Å². The Bertz CT molecular complexity index is 1790. The van der Waals surface area contributed by atoms with Crippen molar-refractivity contribution in [3.05, 3.63) is 144 Å². The van der Waals surface area contributed by atoms with Gasteiger partial charge < -0.3 is 10.2 Å². The predicted octanol–water partition coefficient (Wildman–Crippen LogP) is 7.87. The molecule has 0 unspecified atom stereocenters. The number of aromatic hydroxyl groups is 2. The third-order valence-corrected chi connectivity index (χ3v) is 6.53. The van der Waals surface area contributed by atoms with Gasteiger partial charge in [0, 0.05) is 33.4 Å². The van der Waals surface area contributed by atoms with E-state index in [0.29, 0.717) is 11.1 Å². The van der Waals surface area contributed by atoms with Crippen LogP contribution in [0.15, 0.2) is 121 Å². The Kier molecular flexibility index (Phi) is 5.99. The highest BCUT2D eigenvalue weighted by Crippen LogP contribution is 2.46. The standard InChI is InChI=1S/C36H22O2/c37-33-23-27(21-19-25-11-3-1-4-12-25)29-15-7-9-17-31(29)35(33)36-32-18-10-8-16-30(32)28(24-34(36)38)22-20-26-13-5-2-6-14-26/h1-18,23-24,37-38H. The fourth-order valence-corrected chi connectivity index (χ4v) is 4.78. The molecular formula is C36H22O2. The smallest absolute Gasteiger partial charge is 0.125 e. The molecule has 6 aromatic carbocycles. The molecule has 0 aliphatic rings. The monoisotopic (exact) mass is 486 g/mol. The maximum absolute atomic E-state index is 11.3. The molecule has 2 N–H and O–H groups in total. The Morgan fingerprint density at radius 2 is 0.711 bits per heavy atom. The lowest BCUT2D eigenvalue weighted by molar-refractivity contribution is 0.470. The van der Waals surface area contributed by atoms with E-state index in [0.717, 1.165) is 43.8 Å². The Hall–Kier alpha value is -5.44. The van der Waals surface area contributed by atoms with E-state index in [1.54, 1.807) is 12.1 Å². The maximum atomic E-state index is 11.3. The second-order valence-corrected chi connectivity index (χ2v) is 8.96. The van der Waals surface area contributed by atoms with Crippen molar-refractivity contribution in [1.29, 1.82) is 0 Å². The minimum absolute atomic E-state index is 0.0598. The topological polar surface area (TPSA) is 40.5 Å². The summed E-state index contributed by atoms with van der Waals surface area (Å²) in [4.78, 5) is 0. The average molecular weight is 487 g/mol. The van der Waals surface area contributed by atoms with Crippen LogP contribution in [0.4, 0.5) is 0 Å². The first kappa shape index (κ1) is 23.0. The Labute approximate surface area is 221 Å². The molecule has 0 fully saturated rings. The summed E-state index contributed by atoms with van der Waals surface area (Å²) in [5, 5.41) is 26.1. The first-order valence-electron chi connectivity index (χ1n) is 12.3. The molecule has 0 bridgehead atoms. The van der Waals surface area contributed by atoms with Crippen LogP contribution in [0.3, 0.4) is 0 Å². The molecule has 2 heteroatoms. The molecule has 178 valence electrons. The molecule has 6 rings (SSSR count). The molecule has 6 aromatic rings. The van der Waals surface area contributed by atoms with E-state index in [-0.39, 0.29) is 11.5 Å². The molecule has 0 aromatic heterocycles. The lowest BCUT2D eigenvalue weighted by atomic mass is 9.89. The van der Waals surface area contributed by atoms with Gasteiger partial charge in [-0.25, -0.2) is 0 Å². The molecule has 0 aliphatic carbocycles. The van der Waals surface area contributed by atoms with Gasteiger partial charge in [-0.2, -0.15) is 0 Å². The highest BCUT2D eigenvalue weighted by molar-refractivity contribution is 6.12. The van der Waals surface area contributed by atoms with Crippen LogP contribution in [0, 0.1) is 23.7 Å². The van der Waals surface area contributed by atoms with Crippen molar-refractivity contribution in [2.24, 2.45) is 0 Å². The maximum Gasteiger partial charge on any atom is 0.125 e. The van der Waals surface area contributed by atoms with Gasteiger partial charge in [-0.3, -0.25) is 0 Å². The highest BCUT2D eigenvalue weighted by atomic mass is 16.3. The number of rotatable bonds is 1. The molecule has 0 amide bonds. The molecule has 38 heavy (non-hydrogen) atoms. The van der Waals surface area contributed by atoms with Crippen LogP contribution in [-0.4, -0.2) is 10.2 Å². The third kappa shape index (κ3) is 4.33. The van der Waals surface area contributed by atoms with Crippen LogP contribution in [0.5, 0.6) is 11.5 Å². The minimum atomic E-state index is 0.0598. The summed E-state index contributed by atoms with van der Waals surface area (Å²) in [5.74, 6) is 13.0. The van der Waals surface area contributed by atoms with E-state index in [4.69, 9.17) is 0 Å². The van der Waals surface area contributed by atoms with Crippen molar-refractivity contribution in [3.8, 4) is 46.3 Å². The zero-order valence-corrected chi connectivity index (χ0v) is 20.4. The lowest BCUT2D eigenvalue weighted by Gasteiger charge is -2.16. The molecule has 0 spiro atoms. The summed E-state index contributed by atoms with van der Waals surface area (Å²) in [6, 6.07) is 38.6. The van der Waals surface area contributed by atoms with Crippen LogP contribution in [-0.2, 0) is 0 Å². The Morgan fingerprint density at radius 1 is 0.368 bits per heavy atom. The molecule has 0 saturated carbocycles. The minimum Gasteiger partial charge on any atom is -0.507 e. The first-order chi connectivity index (χ1) is 18.7. The van der Waals surface area contributed by atoms with Crippen LogP contribution in [0.2, 0.25) is 0 Å². The van der Waals surface area contributed by atoms with Gasteiger partial charge in [0.1, 0.15) is 11.5 Å². The van der Waals surface area contributed by atoms with Crippen molar-refractivity contribution in [3.63, 3.8) is 0 Å². The molecule has 0 radical (unpaired) electrons. The number of hydrogen-bond acceptors (Lipinski definition) is 2. The summed E-state index contributed by atoms with van der Waals surface area (Å²) >= 11 is 0. The fraction of sp³-hybridized carbons (Fsp3) is 0. The van der Waals surface area contributed by atoms with Crippen LogP contribution >= 0.6 is 0 Å². The van der Waals surface area contributed by atoms with Gasteiger partial charge >= 0.3 is 0 Å². The van der Waals surface area contributed by atoms with Gasteiger partial charge in [0.15, 0.2) is 0 Å². The van der Waals surface area contributed by atoms with Gasteiger partial charge in [-0.15, -0.1) is 0 Å². The lowest BCUT2D eigenvalue weighted by Crippen LogP contribution is -1.91. The van der Waals surface area contributed by atoms with E-state index in [2.05, 4.69) is 23.7 Å². The van der Waals surface area contributed by atoms with E-state index >= 15 is 0 Å². The van der Waals surface area contributed by atoms with Crippen molar-refractivity contribution in [2.45, 2.75) is 0 Å². The highest BCUT2D eigenvalue weighted by Gasteiger charge is 2.19. The van der Waals surface area contributed by atoms with E-state index in [1.807, 2.05) is 109 Å². The predicted molar refractivity (Wildman–Crippen MR) is 155 cm³/mol. The summed E-state index contributed by atoms with van der Waals surface area (Å²) in [6.07, 6.45) is 0. The largest absolute Gasteiger partial charge is 0.507 e. The van der Waals surface area contributed by atoms with E-state index in [9.17, 15) is 10.2 Å². The quantitative estimate of drug-likeness (QED) is 0.232. The number of fused-ring (bicyclic) bond motifs is 2. The van der Waals surface area contributed by atoms with Crippen LogP contribution in [0.1, 0.15) is 22.3 Å². The summed E-state index contributed by atoms with van der Waals surface area (Å²) in [6.45, 7) is 0. The Morgan fingerprint density at radius 3 is 1.11 bits per heavy atom. The van der Waals surface area contributed by atoms with Crippen LogP contribution < -0.4 is 0 Å². The summed E-state index contributed by atoms with van der Waals surface area (Å²) < 4.78 is 0. The second kappa shape index (κ2) is 9.90. The number of hydrogen-bond donors (Lipinski definition) is 2. The molecular weight excluding hydrogens is 464 g/mol. The summed E-state index contributed by atoms with van der Waals surface area (Å²) in [7, 11) is 0. The van der Waals surface area contributed by atoms with Gasteiger partial charge in [0.25, 0.3) is 0 Å². The number of phenols is 2. The van der Waals surface area contributed by atoms with Gasteiger partial charge in [-0.05, 0) is 57.9 Å². The van der Waals surface area contributed by atoms with Crippen molar-refractivity contribution < 1.29 is 10.2 Å². The van der Waals surface area contributed by atoms with E-state index in [1.165, 1.54) is 0 Å². The number of phenolic OH excluding ortho intramolecular Hbond substituents is 2. The average Bonchev–Trinajstić information content (AvgIpc) is 2.97. The SMILES string of the molecule is Oc1cc(C#Cc2ccccc2)c2ccccc2c1-c1c(O)cc(C#Cc2ccccc2)c2ccccc12. The Balaban J connectivity index is 1.57. The molecule has 0 atom stereocenters. The summed E-state index contributed by atoms with van der Waals surface area (Å²) in [5.41, 5.74) is 4.39. The first-order valence-corrected chi connectivity index (χ1v) is 12.3. The molecule has 0 aliphatic heterocycles. The molecule has 2 nitrogen and oxygen atoms in total.